The molecule has 0 bridgehead atoms. The monoisotopic (exact) mass is 302 g/mol. The number of rotatable bonds is 5. The summed E-state index contributed by atoms with van der Waals surface area (Å²) in [5.41, 5.74) is 9.12. The summed E-state index contributed by atoms with van der Waals surface area (Å²) in [6.45, 7) is 3.39. The zero-order valence-electron chi connectivity index (χ0n) is 12.1. The molecule has 0 amide bonds. The molecule has 0 spiro atoms. The highest BCUT2D eigenvalue weighted by Gasteiger charge is 2.42. The molecule has 21 heavy (non-hydrogen) atoms. The maximum absolute atomic E-state index is 6.21. The van der Waals surface area contributed by atoms with Crippen LogP contribution in [-0.4, -0.2) is 18.1 Å². The van der Waals surface area contributed by atoms with E-state index < -0.39 is 0 Å². The number of pyridine rings is 1. The van der Waals surface area contributed by atoms with Crippen molar-refractivity contribution < 1.29 is 4.74 Å². The number of nitrogens with two attached hydrogens (primary N) is 1. The number of halogens is 1. The van der Waals surface area contributed by atoms with Crippen LogP contribution in [0.4, 0.5) is 0 Å². The van der Waals surface area contributed by atoms with Gasteiger partial charge in [-0.25, -0.2) is 4.98 Å². The van der Waals surface area contributed by atoms with E-state index in [-0.39, 0.29) is 5.41 Å². The molecule has 110 valence electrons. The lowest BCUT2D eigenvalue weighted by atomic mass is 10.1. The Hall–Kier alpha value is -1.58. The number of hydrogen-bond acceptors (Lipinski definition) is 3. The lowest BCUT2D eigenvalue weighted by molar-refractivity contribution is 0.238. The topological polar surface area (TPSA) is 48.1 Å². The molecule has 1 aromatic carbocycles. The minimum absolute atomic E-state index is 0.184. The Kier molecular flexibility index (Phi) is 3.87. The fourth-order valence-corrected chi connectivity index (χ4v) is 2.48. The summed E-state index contributed by atoms with van der Waals surface area (Å²) in [5.74, 6) is 0.745. The highest BCUT2D eigenvalue weighted by atomic mass is 35.5. The molecule has 0 unspecified atom stereocenters. The second-order valence-corrected chi connectivity index (χ2v) is 6.23. The van der Waals surface area contributed by atoms with E-state index in [4.69, 9.17) is 22.1 Å². The molecule has 0 atom stereocenters. The van der Waals surface area contributed by atoms with Gasteiger partial charge in [-0.15, -0.1) is 0 Å². The van der Waals surface area contributed by atoms with Crippen molar-refractivity contribution in [1.82, 2.24) is 4.98 Å². The molecular weight excluding hydrogens is 284 g/mol. The summed E-state index contributed by atoms with van der Waals surface area (Å²) >= 11 is 6.21. The first-order valence-corrected chi connectivity index (χ1v) is 7.55. The van der Waals surface area contributed by atoms with Gasteiger partial charge in [0.2, 0.25) is 0 Å². The van der Waals surface area contributed by atoms with Gasteiger partial charge in [0.15, 0.2) is 0 Å². The Morgan fingerprint density at radius 1 is 1.29 bits per heavy atom. The van der Waals surface area contributed by atoms with Gasteiger partial charge in [-0.1, -0.05) is 41.4 Å². The SMILES string of the molecule is Cc1ccc(-c2cc(OCC3(CN)CC3)cnc2Cl)cc1. The van der Waals surface area contributed by atoms with Crippen LogP contribution in [0.2, 0.25) is 5.15 Å². The van der Waals surface area contributed by atoms with Crippen LogP contribution in [0, 0.1) is 12.3 Å². The van der Waals surface area contributed by atoms with Crippen molar-refractivity contribution in [2.24, 2.45) is 11.1 Å². The maximum atomic E-state index is 6.21. The fraction of sp³-hybridized carbons (Fsp3) is 0.353. The molecule has 0 saturated heterocycles. The van der Waals surface area contributed by atoms with Gasteiger partial charge in [0.05, 0.1) is 12.8 Å². The van der Waals surface area contributed by atoms with Crippen molar-refractivity contribution in [3.05, 3.63) is 47.2 Å². The average molecular weight is 303 g/mol. The van der Waals surface area contributed by atoms with Crippen LogP contribution in [0.3, 0.4) is 0 Å². The molecule has 2 aromatic rings. The summed E-state index contributed by atoms with van der Waals surface area (Å²) in [4.78, 5) is 4.23. The third-order valence-corrected chi connectivity index (χ3v) is 4.41. The first-order valence-electron chi connectivity index (χ1n) is 7.17. The zero-order valence-corrected chi connectivity index (χ0v) is 12.9. The Bertz CT molecular complexity index is 636. The maximum Gasteiger partial charge on any atom is 0.138 e. The van der Waals surface area contributed by atoms with Crippen molar-refractivity contribution in [2.45, 2.75) is 19.8 Å². The third kappa shape index (κ3) is 3.20. The number of ether oxygens (including phenoxy) is 1. The second kappa shape index (κ2) is 5.66. The van der Waals surface area contributed by atoms with E-state index in [1.807, 2.05) is 18.2 Å². The van der Waals surface area contributed by atoms with Crippen LogP contribution in [0.15, 0.2) is 36.5 Å². The smallest absolute Gasteiger partial charge is 0.138 e. The number of aromatic nitrogens is 1. The van der Waals surface area contributed by atoms with Crippen LogP contribution in [0.1, 0.15) is 18.4 Å². The minimum atomic E-state index is 0.184. The molecule has 0 radical (unpaired) electrons. The summed E-state index contributed by atoms with van der Waals surface area (Å²) in [5, 5.41) is 0.492. The summed E-state index contributed by atoms with van der Waals surface area (Å²) < 4.78 is 5.86. The van der Waals surface area contributed by atoms with Crippen molar-refractivity contribution in [3.63, 3.8) is 0 Å². The molecule has 0 aliphatic heterocycles. The Morgan fingerprint density at radius 3 is 2.62 bits per heavy atom. The van der Waals surface area contributed by atoms with Gasteiger partial charge in [0.25, 0.3) is 0 Å². The third-order valence-electron chi connectivity index (χ3n) is 4.11. The lowest BCUT2D eigenvalue weighted by Crippen LogP contribution is -2.22. The van der Waals surface area contributed by atoms with Gasteiger partial charge in [-0.2, -0.15) is 0 Å². The summed E-state index contributed by atoms with van der Waals surface area (Å²) in [6, 6.07) is 10.2. The number of hydrogen-bond donors (Lipinski definition) is 1. The van der Waals surface area contributed by atoms with Gasteiger partial charge in [-0.3, -0.25) is 0 Å². The predicted molar refractivity (Wildman–Crippen MR) is 85.6 cm³/mol. The molecular formula is C17H19ClN2O. The van der Waals surface area contributed by atoms with Crippen molar-refractivity contribution >= 4 is 11.6 Å². The van der Waals surface area contributed by atoms with Crippen LogP contribution in [-0.2, 0) is 0 Å². The van der Waals surface area contributed by atoms with E-state index in [9.17, 15) is 0 Å². The number of nitrogens with zero attached hydrogens (tertiary/aromatic N) is 1. The van der Waals surface area contributed by atoms with Crippen LogP contribution >= 0.6 is 11.6 Å². The van der Waals surface area contributed by atoms with E-state index in [0.717, 1.165) is 29.7 Å². The van der Waals surface area contributed by atoms with Crippen molar-refractivity contribution in [3.8, 4) is 16.9 Å². The molecule has 1 aromatic heterocycles. The van der Waals surface area contributed by atoms with Gasteiger partial charge in [0, 0.05) is 17.5 Å². The average Bonchev–Trinajstić information content (AvgIpc) is 3.28. The van der Waals surface area contributed by atoms with E-state index >= 15 is 0 Å². The molecule has 1 heterocycles. The first kappa shape index (κ1) is 14.4. The van der Waals surface area contributed by atoms with Crippen molar-refractivity contribution in [2.75, 3.05) is 13.2 Å². The zero-order chi connectivity index (χ0) is 14.9. The second-order valence-electron chi connectivity index (χ2n) is 5.87. The van der Waals surface area contributed by atoms with Crippen LogP contribution in [0.5, 0.6) is 5.75 Å². The highest BCUT2D eigenvalue weighted by Crippen LogP contribution is 2.44. The van der Waals surface area contributed by atoms with E-state index in [1.54, 1.807) is 6.20 Å². The Morgan fingerprint density at radius 2 is 2.00 bits per heavy atom. The highest BCUT2D eigenvalue weighted by molar-refractivity contribution is 6.32. The predicted octanol–water partition coefficient (Wildman–Crippen LogP) is 3.83. The Balaban J connectivity index is 1.81. The number of aryl methyl sites for hydroxylation is 1. The fourth-order valence-electron chi connectivity index (χ4n) is 2.26. The van der Waals surface area contributed by atoms with Crippen molar-refractivity contribution in [1.29, 1.82) is 0 Å². The normalized spacial score (nSPS) is 15.8. The lowest BCUT2D eigenvalue weighted by Gasteiger charge is -2.14. The molecule has 2 N–H and O–H groups in total. The molecule has 4 heteroatoms. The molecule has 3 nitrogen and oxygen atoms in total. The quantitative estimate of drug-likeness (QED) is 0.854. The molecule has 3 rings (SSSR count). The standard InChI is InChI=1S/C17H19ClN2O/c1-12-2-4-13(5-3-12)15-8-14(9-20-16(15)18)21-11-17(10-19)6-7-17/h2-5,8-9H,6-7,10-11,19H2,1H3. The molecule has 1 saturated carbocycles. The van der Waals surface area contributed by atoms with Gasteiger partial charge >= 0.3 is 0 Å². The van der Waals surface area contributed by atoms with Crippen LogP contribution in [0.25, 0.3) is 11.1 Å². The van der Waals surface area contributed by atoms with Gasteiger partial charge < -0.3 is 10.5 Å². The van der Waals surface area contributed by atoms with Gasteiger partial charge in [0.1, 0.15) is 10.9 Å². The molecule has 1 aliphatic carbocycles. The van der Waals surface area contributed by atoms with E-state index in [0.29, 0.717) is 18.3 Å². The molecule has 1 aliphatic rings. The van der Waals surface area contributed by atoms with Crippen LogP contribution < -0.4 is 10.5 Å². The minimum Gasteiger partial charge on any atom is -0.491 e. The van der Waals surface area contributed by atoms with Gasteiger partial charge in [-0.05, 0) is 31.4 Å². The molecule has 1 fully saturated rings. The summed E-state index contributed by atoms with van der Waals surface area (Å²) in [6.07, 6.45) is 3.97. The summed E-state index contributed by atoms with van der Waals surface area (Å²) in [7, 11) is 0. The van der Waals surface area contributed by atoms with E-state index in [1.165, 1.54) is 5.56 Å². The first-order chi connectivity index (χ1) is 10.1. The number of benzene rings is 1. The Labute approximate surface area is 130 Å². The van der Waals surface area contributed by atoms with E-state index in [2.05, 4.69) is 24.0 Å². The largest absolute Gasteiger partial charge is 0.491 e.